The van der Waals surface area contributed by atoms with E-state index in [4.69, 9.17) is 9.36 Å². The molecule has 0 bridgehead atoms. The van der Waals surface area contributed by atoms with E-state index in [0.29, 0.717) is 23.3 Å². The molecule has 176 valence electrons. The fraction of sp³-hybridized carbons (Fsp3) is 0.185. The van der Waals surface area contributed by atoms with E-state index in [0.717, 1.165) is 11.1 Å². The Morgan fingerprint density at radius 2 is 1.69 bits per heavy atom. The highest BCUT2D eigenvalue weighted by Gasteiger charge is 2.39. The number of rotatable bonds is 6. The topological polar surface area (TPSA) is 101 Å². The number of benzene rings is 3. The highest BCUT2D eigenvalue weighted by molar-refractivity contribution is 6.00. The Kier molecular flexibility index (Phi) is 6.36. The van der Waals surface area contributed by atoms with Crippen LogP contribution in [0.15, 0.2) is 94.6 Å². The van der Waals surface area contributed by atoms with Gasteiger partial charge in [0.1, 0.15) is 19.3 Å². The Hall–Kier alpha value is -4.30. The summed E-state index contributed by atoms with van der Waals surface area (Å²) in [4.78, 5) is 24.5. The van der Waals surface area contributed by atoms with Crippen molar-refractivity contribution in [2.24, 2.45) is 5.16 Å². The molecule has 3 aromatic carbocycles. The summed E-state index contributed by atoms with van der Waals surface area (Å²) in [6, 6.07) is 26.0. The first-order chi connectivity index (χ1) is 17.1. The maximum absolute atomic E-state index is 13.5. The molecule has 0 saturated carbocycles. The summed E-state index contributed by atoms with van der Waals surface area (Å²) in [5.41, 5.74) is 3.99. The lowest BCUT2D eigenvalue weighted by Gasteiger charge is -2.21. The standard InChI is InChI=1S/C27H24N4O4/c1-34-29-22-16-23(26-28-25(30-35-26)24(32)20-10-6-3-7-11-20)31(17-22)27(33)21-14-12-19(13-15-21)18-8-4-2-5-9-18/h2-15,23-24,32H,16-17H2,1H3/b29-22+/t23-,24?/m0/s1. The molecule has 1 aromatic heterocycles. The molecule has 2 heterocycles. The van der Waals surface area contributed by atoms with Gasteiger partial charge >= 0.3 is 0 Å². The van der Waals surface area contributed by atoms with Crippen LogP contribution in [-0.2, 0) is 4.84 Å². The van der Waals surface area contributed by atoms with Crippen molar-refractivity contribution < 1.29 is 19.3 Å². The quantitative estimate of drug-likeness (QED) is 0.421. The van der Waals surface area contributed by atoms with E-state index >= 15 is 0 Å². The summed E-state index contributed by atoms with van der Waals surface area (Å²) in [5.74, 6) is 0.202. The van der Waals surface area contributed by atoms with Crippen molar-refractivity contribution in [3.05, 3.63) is 108 Å². The van der Waals surface area contributed by atoms with Crippen LogP contribution in [0, 0.1) is 0 Å². The Labute approximate surface area is 202 Å². The largest absolute Gasteiger partial charge is 0.399 e. The van der Waals surface area contributed by atoms with Gasteiger partial charge in [0.15, 0.2) is 0 Å². The van der Waals surface area contributed by atoms with E-state index in [9.17, 15) is 9.90 Å². The second-order valence-corrected chi connectivity index (χ2v) is 8.24. The monoisotopic (exact) mass is 468 g/mol. The average Bonchev–Trinajstić information content (AvgIpc) is 3.57. The number of aromatic nitrogens is 2. The molecule has 1 N–H and O–H groups in total. The highest BCUT2D eigenvalue weighted by atomic mass is 16.6. The van der Waals surface area contributed by atoms with Crippen LogP contribution in [-0.4, -0.2) is 45.4 Å². The van der Waals surface area contributed by atoms with Gasteiger partial charge in [0, 0.05) is 12.0 Å². The van der Waals surface area contributed by atoms with Crippen LogP contribution in [0.1, 0.15) is 46.2 Å². The maximum atomic E-state index is 13.5. The molecule has 1 saturated heterocycles. The molecular formula is C27H24N4O4. The summed E-state index contributed by atoms with van der Waals surface area (Å²) in [6.07, 6.45) is -0.637. The summed E-state index contributed by atoms with van der Waals surface area (Å²) in [5, 5.41) is 18.7. The van der Waals surface area contributed by atoms with Crippen LogP contribution in [0.4, 0.5) is 0 Å². The maximum Gasteiger partial charge on any atom is 0.254 e. The Morgan fingerprint density at radius 3 is 2.37 bits per heavy atom. The predicted octanol–water partition coefficient (Wildman–Crippen LogP) is 4.41. The van der Waals surface area contributed by atoms with Gasteiger partial charge in [-0.3, -0.25) is 4.79 Å². The summed E-state index contributed by atoms with van der Waals surface area (Å²) < 4.78 is 5.50. The van der Waals surface area contributed by atoms with Gasteiger partial charge < -0.3 is 19.4 Å². The van der Waals surface area contributed by atoms with Gasteiger partial charge in [0.25, 0.3) is 5.91 Å². The van der Waals surface area contributed by atoms with Gasteiger partial charge in [0.2, 0.25) is 11.7 Å². The number of nitrogens with zero attached hydrogens (tertiary/aromatic N) is 4. The molecule has 0 spiro atoms. The smallest absolute Gasteiger partial charge is 0.254 e. The second-order valence-electron chi connectivity index (χ2n) is 8.24. The molecule has 0 radical (unpaired) electrons. The highest BCUT2D eigenvalue weighted by Crippen LogP contribution is 2.33. The van der Waals surface area contributed by atoms with Gasteiger partial charge in [0.05, 0.1) is 12.3 Å². The third kappa shape index (κ3) is 4.69. The molecule has 8 heteroatoms. The zero-order valence-electron chi connectivity index (χ0n) is 19.1. The van der Waals surface area contributed by atoms with Gasteiger partial charge in [-0.2, -0.15) is 4.98 Å². The van der Waals surface area contributed by atoms with E-state index in [2.05, 4.69) is 15.3 Å². The van der Waals surface area contributed by atoms with E-state index in [1.165, 1.54) is 7.11 Å². The zero-order valence-corrected chi connectivity index (χ0v) is 19.1. The third-order valence-electron chi connectivity index (χ3n) is 5.98. The summed E-state index contributed by atoms with van der Waals surface area (Å²) in [6.45, 7) is 0.275. The summed E-state index contributed by atoms with van der Waals surface area (Å²) in [7, 11) is 1.47. The number of hydrogen-bond acceptors (Lipinski definition) is 7. The molecule has 1 unspecified atom stereocenters. The molecule has 2 atom stereocenters. The fourth-order valence-electron chi connectivity index (χ4n) is 4.21. The number of aliphatic hydroxyl groups is 1. The van der Waals surface area contributed by atoms with E-state index in [-0.39, 0.29) is 24.2 Å². The molecule has 1 fully saturated rings. The molecule has 5 rings (SSSR count). The van der Waals surface area contributed by atoms with Crippen molar-refractivity contribution in [3.8, 4) is 11.1 Å². The number of hydrogen-bond donors (Lipinski definition) is 1. The van der Waals surface area contributed by atoms with Crippen molar-refractivity contribution in [2.75, 3.05) is 13.7 Å². The average molecular weight is 469 g/mol. The molecule has 35 heavy (non-hydrogen) atoms. The van der Waals surface area contributed by atoms with Crippen LogP contribution < -0.4 is 0 Å². The lowest BCUT2D eigenvalue weighted by molar-refractivity contribution is 0.0713. The van der Waals surface area contributed by atoms with Crippen molar-refractivity contribution in [2.45, 2.75) is 18.6 Å². The van der Waals surface area contributed by atoms with E-state index in [1.54, 1.807) is 17.0 Å². The number of aliphatic hydroxyl groups excluding tert-OH is 1. The molecule has 8 nitrogen and oxygen atoms in total. The number of oxime groups is 1. The van der Waals surface area contributed by atoms with Gasteiger partial charge in [-0.15, -0.1) is 0 Å². The molecular weight excluding hydrogens is 444 g/mol. The number of carbonyl (C=O) groups excluding carboxylic acids is 1. The first-order valence-corrected chi connectivity index (χ1v) is 11.3. The van der Waals surface area contributed by atoms with E-state index < -0.39 is 12.1 Å². The van der Waals surface area contributed by atoms with Crippen LogP contribution in [0.3, 0.4) is 0 Å². The van der Waals surface area contributed by atoms with Crippen molar-refractivity contribution in [3.63, 3.8) is 0 Å². The number of amides is 1. The molecule has 1 aliphatic heterocycles. The van der Waals surface area contributed by atoms with Crippen LogP contribution in [0.2, 0.25) is 0 Å². The predicted molar refractivity (Wildman–Crippen MR) is 130 cm³/mol. The zero-order chi connectivity index (χ0) is 24.2. The Bertz CT molecular complexity index is 1320. The first-order valence-electron chi connectivity index (χ1n) is 11.3. The Morgan fingerprint density at radius 1 is 1.03 bits per heavy atom. The molecule has 1 aliphatic rings. The minimum absolute atomic E-state index is 0.142. The van der Waals surface area contributed by atoms with Crippen LogP contribution in [0.25, 0.3) is 11.1 Å². The fourth-order valence-corrected chi connectivity index (χ4v) is 4.21. The van der Waals surface area contributed by atoms with Crippen molar-refractivity contribution >= 4 is 11.6 Å². The normalized spacial score (nSPS) is 17.5. The molecule has 4 aromatic rings. The summed E-state index contributed by atoms with van der Waals surface area (Å²) >= 11 is 0. The minimum atomic E-state index is -1.03. The van der Waals surface area contributed by atoms with E-state index in [1.807, 2.05) is 72.8 Å². The second kappa shape index (κ2) is 9.90. The van der Waals surface area contributed by atoms with Crippen molar-refractivity contribution in [1.82, 2.24) is 15.0 Å². The molecule has 0 aliphatic carbocycles. The SMILES string of the molecule is CO/N=C1\C[C@@H](c2nc(C(O)c3ccccc3)no2)N(C(=O)c2ccc(-c3ccccc3)cc2)C1. The van der Waals surface area contributed by atoms with Gasteiger partial charge in [-0.05, 0) is 28.8 Å². The molecule has 1 amide bonds. The van der Waals surface area contributed by atoms with Crippen LogP contribution in [0.5, 0.6) is 0 Å². The lowest BCUT2D eigenvalue weighted by atomic mass is 10.0. The van der Waals surface area contributed by atoms with Crippen LogP contribution >= 0.6 is 0 Å². The number of likely N-dealkylation sites (tertiary alicyclic amines) is 1. The lowest BCUT2D eigenvalue weighted by Crippen LogP contribution is -2.31. The number of carbonyl (C=O) groups is 1. The van der Waals surface area contributed by atoms with Gasteiger partial charge in [-0.1, -0.05) is 83.1 Å². The van der Waals surface area contributed by atoms with Gasteiger partial charge in [-0.25, -0.2) is 0 Å². The minimum Gasteiger partial charge on any atom is -0.399 e. The van der Waals surface area contributed by atoms with Crippen molar-refractivity contribution in [1.29, 1.82) is 0 Å². The Balaban J connectivity index is 1.40. The first kappa shape index (κ1) is 22.5. The third-order valence-corrected chi connectivity index (χ3v) is 5.98.